The highest BCUT2D eigenvalue weighted by Gasteiger charge is 2.28. The van der Waals surface area contributed by atoms with Gasteiger partial charge in [-0.05, 0) is 64.8 Å². The van der Waals surface area contributed by atoms with Crippen LogP contribution in [-0.4, -0.2) is 42.6 Å². The van der Waals surface area contributed by atoms with Gasteiger partial charge in [0.15, 0.2) is 11.5 Å². The van der Waals surface area contributed by atoms with Gasteiger partial charge >= 0.3 is 11.9 Å². The molecule has 1 amide bonds. The number of aliphatic hydroxyl groups is 1. The number of rotatable bonds is 10. The molecule has 2 aromatic rings. The average molecular weight is 580 g/mol. The number of halogens is 1. The fraction of sp³-hybridized carbons (Fsp3) is 0.464. The summed E-state index contributed by atoms with van der Waals surface area (Å²) in [6, 6.07) is 14.1. The zero-order valence-corrected chi connectivity index (χ0v) is 24.1. The molecule has 0 saturated heterocycles. The second kappa shape index (κ2) is 14.3. The molecular formula is C28H39BrN2O6. The summed E-state index contributed by atoms with van der Waals surface area (Å²) in [4.78, 5) is 36.9. The van der Waals surface area contributed by atoms with Crippen LogP contribution in [-0.2, 0) is 20.8 Å². The van der Waals surface area contributed by atoms with E-state index in [0.717, 1.165) is 5.56 Å². The summed E-state index contributed by atoms with van der Waals surface area (Å²) in [6.07, 6.45) is -0.601. The number of hydrogen-bond donors (Lipinski definition) is 3. The second-order valence-electron chi connectivity index (χ2n) is 10.7. The predicted octanol–water partition coefficient (Wildman–Crippen LogP) is 4.15. The van der Waals surface area contributed by atoms with E-state index in [1.54, 1.807) is 47.6 Å². The van der Waals surface area contributed by atoms with Gasteiger partial charge in [-0.2, -0.15) is 0 Å². The number of hydrogen-bond acceptors (Lipinski definition) is 7. The number of amides is 1. The minimum atomic E-state index is -0.913. The lowest BCUT2D eigenvalue weighted by molar-refractivity contribution is -0.145. The van der Waals surface area contributed by atoms with Gasteiger partial charge in [-0.15, -0.1) is 17.0 Å². The summed E-state index contributed by atoms with van der Waals surface area (Å²) >= 11 is 0. The van der Waals surface area contributed by atoms with Crippen LogP contribution in [0.25, 0.3) is 0 Å². The summed E-state index contributed by atoms with van der Waals surface area (Å²) in [6.45, 7) is 11.4. The Labute approximate surface area is 229 Å². The first-order chi connectivity index (χ1) is 16.8. The van der Waals surface area contributed by atoms with E-state index in [9.17, 15) is 19.5 Å². The molecule has 0 aromatic heterocycles. The Balaban J connectivity index is 0.00000684. The van der Waals surface area contributed by atoms with Crippen molar-refractivity contribution in [2.75, 3.05) is 19.6 Å². The zero-order valence-electron chi connectivity index (χ0n) is 22.4. The van der Waals surface area contributed by atoms with Crippen molar-refractivity contribution in [2.45, 2.75) is 54.1 Å². The average Bonchev–Trinajstić information content (AvgIpc) is 2.79. The summed E-state index contributed by atoms with van der Waals surface area (Å²) in [7, 11) is 0. The van der Waals surface area contributed by atoms with Gasteiger partial charge in [0.05, 0.1) is 23.4 Å². The van der Waals surface area contributed by atoms with Gasteiger partial charge in [0.1, 0.15) is 0 Å². The summed E-state index contributed by atoms with van der Waals surface area (Å²) in [5.41, 5.74) is -0.0862. The molecule has 9 heteroatoms. The lowest BCUT2D eigenvalue weighted by Crippen LogP contribution is -2.34. The molecule has 1 atom stereocenters. The Hall–Kier alpha value is -2.75. The molecule has 0 bridgehead atoms. The minimum Gasteiger partial charge on any atom is -0.422 e. The maximum atomic E-state index is 12.5. The third kappa shape index (κ3) is 11.0. The molecule has 8 nitrogen and oxygen atoms in total. The number of benzene rings is 2. The van der Waals surface area contributed by atoms with Gasteiger partial charge in [-0.25, -0.2) is 0 Å². The van der Waals surface area contributed by atoms with Crippen molar-refractivity contribution in [3.05, 3.63) is 59.7 Å². The molecule has 0 aliphatic rings. The number of carbonyl (C=O) groups is 3. The van der Waals surface area contributed by atoms with Crippen LogP contribution in [0.3, 0.4) is 0 Å². The SMILES string of the molecule is Br.CC(C)(C)C(=O)Oc1ccc(C(O)CNCCNC(=O)Cc2ccccc2)cc1OC(=O)C(C)(C)C. The van der Waals surface area contributed by atoms with E-state index in [1.165, 1.54) is 12.1 Å². The van der Waals surface area contributed by atoms with Crippen LogP contribution in [0.2, 0.25) is 0 Å². The van der Waals surface area contributed by atoms with Crippen molar-refractivity contribution in [3.63, 3.8) is 0 Å². The van der Waals surface area contributed by atoms with Crippen molar-refractivity contribution in [3.8, 4) is 11.5 Å². The van der Waals surface area contributed by atoms with E-state index in [-0.39, 0.29) is 40.9 Å². The Morgan fingerprint density at radius 3 is 1.97 bits per heavy atom. The van der Waals surface area contributed by atoms with Gasteiger partial charge in [0.25, 0.3) is 0 Å². The van der Waals surface area contributed by atoms with E-state index in [4.69, 9.17) is 9.47 Å². The van der Waals surface area contributed by atoms with Crippen molar-refractivity contribution in [1.82, 2.24) is 10.6 Å². The van der Waals surface area contributed by atoms with Gasteiger partial charge < -0.3 is 25.2 Å². The molecule has 1 unspecified atom stereocenters. The van der Waals surface area contributed by atoms with E-state index in [1.807, 2.05) is 30.3 Å². The third-order valence-electron chi connectivity index (χ3n) is 5.15. The number of esters is 2. The smallest absolute Gasteiger partial charge is 0.316 e. The number of nitrogens with one attached hydrogen (secondary N) is 2. The Morgan fingerprint density at radius 2 is 1.41 bits per heavy atom. The molecule has 204 valence electrons. The van der Waals surface area contributed by atoms with Crippen LogP contribution in [0.1, 0.15) is 58.8 Å². The first-order valence-electron chi connectivity index (χ1n) is 12.1. The molecule has 37 heavy (non-hydrogen) atoms. The quantitative estimate of drug-likeness (QED) is 0.220. The van der Waals surface area contributed by atoms with Crippen molar-refractivity contribution >= 4 is 34.8 Å². The van der Waals surface area contributed by atoms with Gasteiger partial charge in [0.2, 0.25) is 5.91 Å². The van der Waals surface area contributed by atoms with Crippen molar-refractivity contribution in [1.29, 1.82) is 0 Å². The molecule has 0 saturated carbocycles. The largest absolute Gasteiger partial charge is 0.422 e. The van der Waals surface area contributed by atoms with Crippen molar-refractivity contribution in [2.24, 2.45) is 10.8 Å². The van der Waals surface area contributed by atoms with Gasteiger partial charge in [-0.1, -0.05) is 36.4 Å². The third-order valence-corrected chi connectivity index (χ3v) is 5.15. The van der Waals surface area contributed by atoms with Crippen LogP contribution < -0.4 is 20.1 Å². The number of ether oxygens (including phenoxy) is 2. The highest BCUT2D eigenvalue weighted by molar-refractivity contribution is 8.93. The van der Waals surface area contributed by atoms with E-state index < -0.39 is 28.9 Å². The topological polar surface area (TPSA) is 114 Å². The molecule has 0 spiro atoms. The first-order valence-corrected chi connectivity index (χ1v) is 12.1. The fourth-order valence-electron chi connectivity index (χ4n) is 2.89. The maximum Gasteiger partial charge on any atom is 0.316 e. The lowest BCUT2D eigenvalue weighted by atomic mass is 9.97. The molecule has 2 rings (SSSR count). The number of carbonyl (C=O) groups excluding carboxylic acids is 3. The predicted molar refractivity (Wildman–Crippen MR) is 148 cm³/mol. The zero-order chi connectivity index (χ0) is 26.9. The monoisotopic (exact) mass is 578 g/mol. The van der Waals surface area contributed by atoms with Crippen LogP contribution in [0.4, 0.5) is 0 Å². The summed E-state index contributed by atoms with van der Waals surface area (Å²) in [5.74, 6) is -0.865. The van der Waals surface area contributed by atoms with E-state index >= 15 is 0 Å². The Morgan fingerprint density at radius 1 is 0.838 bits per heavy atom. The molecule has 0 heterocycles. The molecule has 0 aliphatic carbocycles. The van der Waals surface area contributed by atoms with Crippen LogP contribution in [0.5, 0.6) is 11.5 Å². The van der Waals surface area contributed by atoms with Crippen LogP contribution in [0, 0.1) is 10.8 Å². The molecule has 0 fully saturated rings. The molecule has 0 aliphatic heterocycles. The first kappa shape index (κ1) is 32.3. The maximum absolute atomic E-state index is 12.5. The molecular weight excluding hydrogens is 540 g/mol. The molecule has 0 radical (unpaired) electrons. The van der Waals surface area contributed by atoms with Gasteiger partial charge in [-0.3, -0.25) is 14.4 Å². The van der Waals surface area contributed by atoms with E-state index in [2.05, 4.69) is 10.6 Å². The highest BCUT2D eigenvalue weighted by atomic mass is 79.9. The van der Waals surface area contributed by atoms with Gasteiger partial charge in [0, 0.05) is 19.6 Å². The van der Waals surface area contributed by atoms with Crippen LogP contribution >= 0.6 is 17.0 Å². The number of aliphatic hydroxyl groups excluding tert-OH is 1. The Kier molecular flexibility index (Phi) is 12.4. The summed E-state index contributed by atoms with van der Waals surface area (Å²) < 4.78 is 11.0. The highest BCUT2D eigenvalue weighted by Crippen LogP contribution is 2.34. The minimum absolute atomic E-state index is 0. The van der Waals surface area contributed by atoms with Crippen LogP contribution in [0.15, 0.2) is 48.5 Å². The molecule has 2 aromatic carbocycles. The Bertz CT molecular complexity index is 1040. The standard InChI is InChI=1S/C28H38N2O6.BrH/c1-27(2,3)25(33)35-22-13-12-20(17-23(22)36-26(34)28(4,5)6)21(31)18-29-14-15-30-24(32)16-19-10-8-7-9-11-19;/h7-13,17,21,29,31H,14-16,18H2,1-6H3,(H,30,32);1H. The van der Waals surface area contributed by atoms with Crippen molar-refractivity contribution < 1.29 is 29.0 Å². The summed E-state index contributed by atoms with van der Waals surface area (Å²) in [5, 5.41) is 16.6. The second-order valence-corrected chi connectivity index (χ2v) is 10.7. The normalized spacial score (nSPS) is 12.2. The van der Waals surface area contributed by atoms with E-state index in [0.29, 0.717) is 25.1 Å². The fourth-order valence-corrected chi connectivity index (χ4v) is 2.89. The lowest BCUT2D eigenvalue weighted by Gasteiger charge is -2.21. The molecule has 3 N–H and O–H groups in total.